The molecule has 0 aliphatic heterocycles. The molecule has 2 amide bonds. The zero-order valence-electron chi connectivity index (χ0n) is 20.2. The summed E-state index contributed by atoms with van der Waals surface area (Å²) < 4.78 is 12.9. The summed E-state index contributed by atoms with van der Waals surface area (Å²) in [4.78, 5) is 14.3. The number of quaternary nitrogens is 1. The van der Waals surface area contributed by atoms with E-state index in [4.69, 9.17) is 4.74 Å². The number of anilines is 1. The third-order valence-corrected chi connectivity index (χ3v) is 7.29. The van der Waals surface area contributed by atoms with E-state index in [9.17, 15) is 4.79 Å². The maximum atomic E-state index is 12.6. The summed E-state index contributed by atoms with van der Waals surface area (Å²) in [6.07, 6.45) is 8.94. The molecule has 180 valence electrons. The predicted octanol–water partition coefficient (Wildman–Crippen LogP) is 1.10. The number of hydrogen-bond acceptors (Lipinski definition) is 3. The molecule has 0 atom stereocenters. The van der Waals surface area contributed by atoms with Crippen LogP contribution in [0.3, 0.4) is 0 Å². The first-order valence-electron chi connectivity index (χ1n) is 11.5. The standard InChI is InChI=1S/C25H36IN5O2/c1-5-8-20-15-19(22-13-14-31(4)29-22)11-12-24(20)33-16-21-18(6-2)9-7-10-23(21)28-25(32)30(3)17-26-27/h7,9-10,13-15H,5-6,8,11-12,16-17H2,1-4,27H3,(H,28,32). The fourth-order valence-electron chi connectivity index (χ4n) is 4.01. The molecule has 0 fully saturated rings. The molecular weight excluding hydrogens is 529 g/mol. The quantitative estimate of drug-likeness (QED) is 0.196. The Morgan fingerprint density at radius 1 is 1.30 bits per heavy atom. The molecular formula is C25H36IN5O2. The molecule has 0 bridgehead atoms. The van der Waals surface area contributed by atoms with Crippen molar-refractivity contribution in [2.24, 2.45) is 7.05 Å². The van der Waals surface area contributed by atoms with Crippen molar-refractivity contribution in [3.8, 4) is 0 Å². The molecule has 0 unspecified atom stereocenters. The zero-order chi connectivity index (χ0) is 23.8. The van der Waals surface area contributed by atoms with Crippen LogP contribution in [-0.4, -0.2) is 32.3 Å². The van der Waals surface area contributed by atoms with Gasteiger partial charge in [0.2, 0.25) is 0 Å². The summed E-state index contributed by atoms with van der Waals surface area (Å²) in [5, 5.41) is 7.66. The van der Waals surface area contributed by atoms with Crippen LogP contribution in [0.1, 0.15) is 56.4 Å². The SMILES string of the molecule is CCCC1=C(OCc2c(CC)cccc2NC(=O)N(C)C[I-][NH3+])CCC(c2ccn(C)n2)=C1. The van der Waals surface area contributed by atoms with Gasteiger partial charge < -0.3 is 0 Å². The number of ether oxygens (including phenoxy) is 1. The van der Waals surface area contributed by atoms with E-state index in [0.29, 0.717) is 6.61 Å². The van der Waals surface area contributed by atoms with Crippen molar-refractivity contribution >= 4 is 17.3 Å². The van der Waals surface area contributed by atoms with Crippen molar-refractivity contribution < 1.29 is 35.0 Å². The van der Waals surface area contributed by atoms with Crippen LogP contribution in [0.5, 0.6) is 0 Å². The van der Waals surface area contributed by atoms with Crippen molar-refractivity contribution in [3.05, 3.63) is 64.7 Å². The van der Waals surface area contributed by atoms with Gasteiger partial charge in [-0.3, -0.25) is 4.68 Å². The monoisotopic (exact) mass is 565 g/mol. The van der Waals surface area contributed by atoms with Gasteiger partial charge in [0, 0.05) is 13.2 Å². The Bertz CT molecular complexity index is 1030. The van der Waals surface area contributed by atoms with Crippen LogP contribution in [0, 0.1) is 0 Å². The normalized spacial score (nSPS) is 13.8. The fraction of sp³-hybridized carbons (Fsp3) is 0.440. The number of hydrogen-bond donors (Lipinski definition) is 2. The number of carbonyl (C=O) groups is 1. The molecule has 1 aromatic heterocycles. The Kier molecular flexibility index (Phi) is 9.37. The number of amides is 2. The Morgan fingerprint density at radius 2 is 2.12 bits per heavy atom. The van der Waals surface area contributed by atoms with Crippen molar-refractivity contribution in [1.29, 1.82) is 0 Å². The average molecular weight is 566 g/mol. The number of allylic oxidation sites excluding steroid dienone is 4. The van der Waals surface area contributed by atoms with Crippen LogP contribution in [-0.2, 0) is 24.8 Å². The van der Waals surface area contributed by atoms with Crippen molar-refractivity contribution in [3.63, 3.8) is 0 Å². The molecule has 3 rings (SSSR count). The van der Waals surface area contributed by atoms with Crippen LogP contribution >= 0.6 is 0 Å². The molecule has 8 heteroatoms. The van der Waals surface area contributed by atoms with Gasteiger partial charge in [-0.15, -0.1) is 0 Å². The van der Waals surface area contributed by atoms with Gasteiger partial charge in [0.25, 0.3) is 0 Å². The van der Waals surface area contributed by atoms with Crippen molar-refractivity contribution in [2.45, 2.75) is 52.6 Å². The third kappa shape index (κ3) is 6.60. The molecule has 0 saturated carbocycles. The van der Waals surface area contributed by atoms with E-state index in [2.05, 4.69) is 46.4 Å². The van der Waals surface area contributed by atoms with Gasteiger partial charge in [-0.25, -0.2) is 0 Å². The second-order valence-corrected chi connectivity index (χ2v) is 10.0. The van der Waals surface area contributed by atoms with Crippen LogP contribution < -0.4 is 30.7 Å². The van der Waals surface area contributed by atoms with Crippen LogP contribution in [0.2, 0.25) is 0 Å². The number of halogens is 1. The van der Waals surface area contributed by atoms with Gasteiger partial charge in [0.05, 0.1) is 5.69 Å². The Morgan fingerprint density at radius 3 is 2.79 bits per heavy atom. The van der Waals surface area contributed by atoms with Gasteiger partial charge in [-0.1, -0.05) is 6.92 Å². The molecule has 1 heterocycles. The molecule has 0 spiro atoms. The summed E-state index contributed by atoms with van der Waals surface area (Å²) in [5.74, 6) is 1.05. The number of aromatic nitrogens is 2. The van der Waals surface area contributed by atoms with E-state index in [-0.39, 0.29) is 27.5 Å². The Labute approximate surface area is 207 Å². The minimum absolute atomic E-state index is 0.0978. The van der Waals surface area contributed by atoms with Gasteiger partial charge in [-0.05, 0) is 6.07 Å². The van der Waals surface area contributed by atoms with E-state index < -0.39 is 0 Å². The summed E-state index contributed by atoms with van der Waals surface area (Å²) in [5.41, 5.74) is 6.63. The van der Waals surface area contributed by atoms with Crippen molar-refractivity contribution in [2.75, 3.05) is 16.9 Å². The number of alkyl halides is 1. The molecule has 1 aliphatic rings. The van der Waals surface area contributed by atoms with Gasteiger partial charge in [0.15, 0.2) is 0 Å². The predicted molar refractivity (Wildman–Crippen MR) is 127 cm³/mol. The minimum atomic E-state index is -0.232. The van der Waals surface area contributed by atoms with Crippen molar-refractivity contribution in [1.82, 2.24) is 14.7 Å². The number of nitrogens with one attached hydrogen (secondary N) is 1. The average Bonchev–Trinajstić information content (AvgIpc) is 3.25. The third-order valence-electron chi connectivity index (χ3n) is 5.79. The molecule has 33 heavy (non-hydrogen) atoms. The first-order valence-corrected chi connectivity index (χ1v) is 14.5. The molecule has 2 aromatic rings. The van der Waals surface area contributed by atoms with Crippen LogP contribution in [0.15, 0.2) is 47.9 Å². The van der Waals surface area contributed by atoms with Gasteiger partial charge >= 0.3 is 166 Å². The molecule has 0 saturated heterocycles. The molecule has 7 nitrogen and oxygen atoms in total. The molecule has 4 N–H and O–H groups in total. The zero-order valence-corrected chi connectivity index (χ0v) is 22.3. The van der Waals surface area contributed by atoms with Crippen LogP contribution in [0.25, 0.3) is 5.57 Å². The van der Waals surface area contributed by atoms with E-state index >= 15 is 0 Å². The Hall–Kier alpha value is -2.33. The van der Waals surface area contributed by atoms with E-state index in [1.165, 1.54) is 16.7 Å². The second-order valence-electron chi connectivity index (χ2n) is 8.26. The number of carbonyl (C=O) groups excluding carboxylic acids is 1. The molecule has 1 aromatic carbocycles. The number of benzene rings is 1. The number of nitrogens with zero attached hydrogens (tertiary/aromatic N) is 3. The van der Waals surface area contributed by atoms with E-state index in [1.54, 1.807) is 4.90 Å². The van der Waals surface area contributed by atoms with E-state index in [1.807, 2.05) is 37.1 Å². The second kappa shape index (κ2) is 12.2. The molecule has 1 aliphatic carbocycles. The number of aryl methyl sites for hydroxylation is 2. The van der Waals surface area contributed by atoms with E-state index in [0.717, 1.165) is 59.4 Å². The summed E-state index contributed by atoms with van der Waals surface area (Å²) in [6.45, 7) is 4.77. The summed E-state index contributed by atoms with van der Waals surface area (Å²) >= 11 is -0.232. The molecule has 0 radical (unpaired) electrons. The number of urea groups is 1. The first kappa shape index (κ1) is 25.3. The maximum absolute atomic E-state index is 12.6. The van der Waals surface area contributed by atoms with Crippen LogP contribution in [0.4, 0.5) is 10.5 Å². The fourth-order valence-corrected chi connectivity index (χ4v) is 5.04. The van der Waals surface area contributed by atoms with Gasteiger partial charge in [0.1, 0.15) is 0 Å². The number of rotatable bonds is 10. The Balaban J connectivity index is 1.82. The topological polar surface area (TPSA) is 87.0 Å². The summed E-state index contributed by atoms with van der Waals surface area (Å²) in [6, 6.07) is 8.04. The first-order chi connectivity index (χ1) is 16.0. The van der Waals surface area contributed by atoms with Gasteiger partial charge in [-0.2, -0.15) is 5.10 Å². The summed E-state index contributed by atoms with van der Waals surface area (Å²) in [7, 11) is 3.76.